The van der Waals surface area contributed by atoms with Crippen LogP contribution in [0.25, 0.3) is 0 Å². The molecule has 0 radical (unpaired) electrons. The fraction of sp³-hybridized carbons (Fsp3) is 0.696. The third-order valence-corrected chi connectivity index (χ3v) is 8.22. The molecule has 0 aromatic carbocycles. The summed E-state index contributed by atoms with van der Waals surface area (Å²) in [5.41, 5.74) is -1.11. The summed E-state index contributed by atoms with van der Waals surface area (Å²) in [6.07, 6.45) is 4.52. The number of carbonyl (C=O) groups is 3. The molecule has 1 amide bonds. The Kier molecular flexibility index (Phi) is 5.89. The number of thiophene rings is 1. The zero-order chi connectivity index (χ0) is 22.4. The molecule has 1 aromatic heterocycles. The Morgan fingerprint density at radius 1 is 1.19 bits per heavy atom. The molecule has 1 heterocycles. The van der Waals surface area contributed by atoms with Crippen LogP contribution in [0.15, 0.2) is 6.07 Å². The number of aliphatic hydroxyl groups is 1. The van der Waals surface area contributed by atoms with E-state index < -0.39 is 29.5 Å². The summed E-state index contributed by atoms with van der Waals surface area (Å²) in [5.74, 6) is -0.432. The van der Waals surface area contributed by atoms with Gasteiger partial charge in [-0.3, -0.25) is 9.59 Å². The van der Waals surface area contributed by atoms with Gasteiger partial charge >= 0.3 is 11.9 Å². The summed E-state index contributed by atoms with van der Waals surface area (Å²) in [6.45, 7) is 5.58. The lowest BCUT2D eigenvalue weighted by Gasteiger charge is -2.58. The van der Waals surface area contributed by atoms with Crippen LogP contribution in [-0.2, 0) is 19.1 Å². The van der Waals surface area contributed by atoms with Crippen LogP contribution in [0.4, 0.5) is 5.00 Å². The molecular formula is C23H31NO6S. The van der Waals surface area contributed by atoms with Gasteiger partial charge in [0.2, 0.25) is 0 Å². The number of anilines is 1. The van der Waals surface area contributed by atoms with Crippen LogP contribution in [0, 0.1) is 17.3 Å². The average Bonchev–Trinajstić information content (AvgIpc) is 3.08. The van der Waals surface area contributed by atoms with Crippen LogP contribution in [0.3, 0.4) is 0 Å². The lowest BCUT2D eigenvalue weighted by Crippen LogP contribution is -2.58. The summed E-state index contributed by atoms with van der Waals surface area (Å²) in [5, 5.41) is 14.0. The molecule has 1 aromatic rings. The van der Waals surface area contributed by atoms with Crippen molar-refractivity contribution in [3.8, 4) is 0 Å². The van der Waals surface area contributed by atoms with E-state index in [0.29, 0.717) is 28.8 Å². The Labute approximate surface area is 186 Å². The lowest BCUT2D eigenvalue weighted by molar-refractivity contribution is -0.196. The van der Waals surface area contributed by atoms with Crippen molar-refractivity contribution < 1.29 is 29.0 Å². The van der Waals surface area contributed by atoms with Crippen molar-refractivity contribution in [3.63, 3.8) is 0 Å². The number of nitrogens with one attached hydrogen (secondary N) is 1. The van der Waals surface area contributed by atoms with Crippen LogP contribution in [0.2, 0.25) is 0 Å². The van der Waals surface area contributed by atoms with Crippen molar-refractivity contribution in [2.45, 2.75) is 70.8 Å². The van der Waals surface area contributed by atoms with E-state index in [2.05, 4.69) is 5.32 Å². The maximum Gasteiger partial charge on any atom is 0.341 e. The highest BCUT2D eigenvalue weighted by Crippen LogP contribution is 2.61. The Bertz CT molecular complexity index is 877. The minimum absolute atomic E-state index is 0.198. The van der Waals surface area contributed by atoms with Crippen LogP contribution in [0.1, 0.15) is 80.4 Å². The van der Waals surface area contributed by atoms with Gasteiger partial charge in [-0.2, -0.15) is 0 Å². The zero-order valence-corrected chi connectivity index (χ0v) is 19.2. The molecule has 4 aliphatic rings. The van der Waals surface area contributed by atoms with Gasteiger partial charge in [0.25, 0.3) is 5.91 Å². The molecule has 8 heteroatoms. The molecule has 170 valence electrons. The molecule has 2 unspecified atom stereocenters. The predicted octanol–water partition coefficient (Wildman–Crippen LogP) is 3.86. The fourth-order valence-electron chi connectivity index (χ4n) is 6.05. The second-order valence-corrected chi connectivity index (χ2v) is 10.9. The molecule has 7 nitrogen and oxygen atoms in total. The first-order chi connectivity index (χ1) is 14.6. The SMILES string of the molecule is CCOC(=O)c1cc(C(C)C)sc1NC(=O)COC(=O)C12CC3CC(CC(O)(C3)C1)C2. The third kappa shape index (κ3) is 4.37. The highest BCUT2D eigenvalue weighted by molar-refractivity contribution is 7.16. The molecule has 4 aliphatic carbocycles. The molecule has 31 heavy (non-hydrogen) atoms. The van der Waals surface area contributed by atoms with E-state index in [0.717, 1.165) is 37.0 Å². The summed E-state index contributed by atoms with van der Waals surface area (Å²) >= 11 is 1.32. The van der Waals surface area contributed by atoms with Gasteiger partial charge in [-0.15, -0.1) is 11.3 Å². The normalized spacial score (nSPS) is 31.0. The molecular weight excluding hydrogens is 418 g/mol. The van der Waals surface area contributed by atoms with Crippen molar-refractivity contribution in [2.24, 2.45) is 17.3 Å². The second-order valence-electron chi connectivity index (χ2n) is 9.86. The number of rotatable bonds is 7. The first-order valence-electron chi connectivity index (χ1n) is 11.1. The largest absolute Gasteiger partial charge is 0.462 e. The van der Waals surface area contributed by atoms with Gasteiger partial charge in [0.1, 0.15) is 5.00 Å². The minimum atomic E-state index is -0.760. The number of hydrogen-bond acceptors (Lipinski definition) is 7. The van der Waals surface area contributed by atoms with Crippen LogP contribution >= 0.6 is 11.3 Å². The van der Waals surface area contributed by atoms with Crippen molar-refractivity contribution in [1.29, 1.82) is 0 Å². The van der Waals surface area contributed by atoms with E-state index >= 15 is 0 Å². The summed E-state index contributed by atoms with van der Waals surface area (Å²) in [7, 11) is 0. The summed E-state index contributed by atoms with van der Waals surface area (Å²) < 4.78 is 10.5. The minimum Gasteiger partial charge on any atom is -0.462 e. The molecule has 2 atom stereocenters. The van der Waals surface area contributed by atoms with Crippen molar-refractivity contribution in [3.05, 3.63) is 16.5 Å². The standard InChI is InChI=1S/C23H31NO6S/c1-4-29-20(26)16-6-17(13(2)3)31-19(16)24-18(25)11-30-21(27)22-7-14-5-15(8-22)10-23(28,9-14)12-22/h6,13-15,28H,4-5,7-12H2,1-3H3,(H,24,25). The number of hydrogen-bond donors (Lipinski definition) is 2. The monoisotopic (exact) mass is 449 g/mol. The molecule has 0 spiro atoms. The van der Waals surface area contributed by atoms with Gasteiger partial charge in [0, 0.05) is 4.88 Å². The Hall–Kier alpha value is -1.93. The quantitative estimate of drug-likeness (QED) is 0.613. The van der Waals surface area contributed by atoms with E-state index in [-0.39, 0.29) is 18.5 Å². The second kappa shape index (κ2) is 8.20. The maximum atomic E-state index is 13.0. The summed E-state index contributed by atoms with van der Waals surface area (Å²) in [6, 6.07) is 1.74. The van der Waals surface area contributed by atoms with Gasteiger partial charge < -0.3 is 19.9 Å². The fourth-order valence-corrected chi connectivity index (χ4v) is 7.11. The van der Waals surface area contributed by atoms with Crippen LogP contribution in [-0.4, -0.2) is 41.8 Å². The van der Waals surface area contributed by atoms with Gasteiger partial charge in [0.05, 0.1) is 23.2 Å². The van der Waals surface area contributed by atoms with Gasteiger partial charge in [-0.1, -0.05) is 13.8 Å². The summed E-state index contributed by atoms with van der Waals surface area (Å²) in [4.78, 5) is 38.7. The number of esters is 2. The smallest absolute Gasteiger partial charge is 0.341 e. The van der Waals surface area contributed by atoms with E-state index in [1.54, 1.807) is 13.0 Å². The molecule has 0 aliphatic heterocycles. The highest BCUT2D eigenvalue weighted by Gasteiger charge is 2.60. The Morgan fingerprint density at radius 2 is 1.87 bits per heavy atom. The maximum absolute atomic E-state index is 13.0. The number of amides is 1. The van der Waals surface area contributed by atoms with E-state index in [1.165, 1.54) is 11.3 Å². The molecule has 0 saturated heterocycles. The lowest BCUT2D eigenvalue weighted by atomic mass is 9.48. The predicted molar refractivity (Wildman–Crippen MR) is 116 cm³/mol. The molecule has 4 fully saturated rings. The van der Waals surface area contributed by atoms with Crippen LogP contribution in [0.5, 0.6) is 0 Å². The average molecular weight is 450 g/mol. The van der Waals surface area contributed by atoms with Gasteiger partial charge in [-0.05, 0) is 69.3 Å². The third-order valence-electron chi connectivity index (χ3n) is 6.87. The first-order valence-corrected chi connectivity index (χ1v) is 11.9. The van der Waals surface area contributed by atoms with E-state index in [9.17, 15) is 19.5 Å². The highest BCUT2D eigenvalue weighted by atomic mass is 32.1. The Balaban J connectivity index is 1.40. The Morgan fingerprint density at radius 3 is 2.45 bits per heavy atom. The van der Waals surface area contributed by atoms with Crippen LogP contribution < -0.4 is 5.32 Å². The van der Waals surface area contributed by atoms with Crippen molar-refractivity contribution >= 4 is 34.2 Å². The van der Waals surface area contributed by atoms with Gasteiger partial charge in [-0.25, -0.2) is 4.79 Å². The molecule has 5 rings (SSSR count). The van der Waals surface area contributed by atoms with E-state index in [1.807, 2.05) is 13.8 Å². The van der Waals surface area contributed by atoms with Crippen molar-refractivity contribution in [1.82, 2.24) is 0 Å². The van der Waals surface area contributed by atoms with E-state index in [4.69, 9.17) is 9.47 Å². The number of carbonyl (C=O) groups excluding carboxylic acids is 3. The number of ether oxygens (including phenoxy) is 2. The zero-order valence-electron chi connectivity index (χ0n) is 18.4. The molecule has 4 bridgehead atoms. The molecule has 4 saturated carbocycles. The topological polar surface area (TPSA) is 102 Å². The van der Waals surface area contributed by atoms with Crippen molar-refractivity contribution in [2.75, 3.05) is 18.5 Å². The molecule has 2 N–H and O–H groups in total. The first kappa shape index (κ1) is 22.3. The van der Waals surface area contributed by atoms with Gasteiger partial charge in [0.15, 0.2) is 6.61 Å².